The van der Waals surface area contributed by atoms with Crippen molar-refractivity contribution in [1.29, 1.82) is 0 Å². The smallest absolute Gasteiger partial charge is 0.316 e. The van der Waals surface area contributed by atoms with Gasteiger partial charge in [-0.15, -0.1) is 11.3 Å². The molecule has 0 amide bonds. The minimum atomic E-state index is -0.403. The zero-order valence-electron chi connectivity index (χ0n) is 14.3. The van der Waals surface area contributed by atoms with Crippen LogP contribution in [0.4, 0.5) is 0 Å². The fourth-order valence-electron chi connectivity index (χ4n) is 2.51. The van der Waals surface area contributed by atoms with E-state index in [1.165, 1.54) is 33.6 Å². The molecule has 136 valence electrons. The maximum Gasteiger partial charge on any atom is 0.316 e. The molecule has 1 aromatic carbocycles. The number of hydrogen-bond acceptors (Lipinski definition) is 8. The lowest BCUT2D eigenvalue weighted by molar-refractivity contribution is -0.141. The average molecular weight is 398 g/mol. The third-order valence-electron chi connectivity index (χ3n) is 3.77. The molecule has 0 spiro atoms. The van der Waals surface area contributed by atoms with E-state index in [4.69, 9.17) is 4.74 Å². The van der Waals surface area contributed by atoms with Gasteiger partial charge in [-0.3, -0.25) is 19.0 Å². The number of benzene rings is 1. The van der Waals surface area contributed by atoms with E-state index in [0.717, 1.165) is 16.7 Å². The predicted molar refractivity (Wildman–Crippen MR) is 104 cm³/mol. The molecule has 7 nitrogen and oxygen atoms in total. The number of carbonyl (C=O) groups is 1. The number of carbonyl (C=O) groups excluding carboxylic acids is 1. The van der Waals surface area contributed by atoms with Gasteiger partial charge in [0, 0.05) is 17.1 Å². The Hall–Kier alpha value is -2.78. The van der Waals surface area contributed by atoms with Gasteiger partial charge in [-0.2, -0.15) is 0 Å². The Morgan fingerprint density at radius 1 is 1.26 bits per heavy atom. The van der Waals surface area contributed by atoms with Gasteiger partial charge in [-0.25, -0.2) is 9.97 Å². The zero-order valence-corrected chi connectivity index (χ0v) is 15.9. The second-order valence-electron chi connectivity index (χ2n) is 5.73. The Kier molecular flexibility index (Phi) is 4.87. The third-order valence-corrected chi connectivity index (χ3v) is 5.59. The van der Waals surface area contributed by atoms with Gasteiger partial charge in [0.05, 0.1) is 28.7 Å². The molecule has 0 saturated heterocycles. The van der Waals surface area contributed by atoms with Crippen molar-refractivity contribution in [3.63, 3.8) is 0 Å². The van der Waals surface area contributed by atoms with Gasteiger partial charge in [-0.1, -0.05) is 23.9 Å². The van der Waals surface area contributed by atoms with Gasteiger partial charge in [0.2, 0.25) is 0 Å². The number of fused-ring (bicyclic) bond motifs is 2. The van der Waals surface area contributed by atoms with Crippen LogP contribution < -0.4 is 5.56 Å². The number of hydrogen-bond donors (Lipinski definition) is 0. The number of esters is 1. The second-order valence-corrected chi connectivity index (χ2v) is 7.56. The first-order valence-corrected chi connectivity index (χ1v) is 9.94. The number of ether oxygens (including phenoxy) is 1. The number of thiazole rings is 1. The number of aryl methyl sites for hydroxylation is 1. The Morgan fingerprint density at radius 2 is 2.07 bits per heavy atom. The molecule has 3 aromatic heterocycles. The van der Waals surface area contributed by atoms with Crippen LogP contribution in [0.15, 0.2) is 51.7 Å². The molecular formula is C18H14N4O3S2. The molecule has 0 aliphatic rings. The normalized spacial score (nSPS) is 11.1. The minimum Gasteiger partial charge on any atom is -0.459 e. The Labute approximate surface area is 162 Å². The second kappa shape index (κ2) is 7.45. The first-order valence-electron chi connectivity index (χ1n) is 8.07. The highest BCUT2D eigenvalue weighted by molar-refractivity contribution is 7.99. The summed E-state index contributed by atoms with van der Waals surface area (Å²) in [6, 6.07) is 8.93. The zero-order chi connectivity index (χ0) is 18.8. The SMILES string of the molecule is Cc1csc2nc(COC(=O)CSc3cnc4ccccc4n3)cc(=O)n12. The molecule has 0 N–H and O–H groups in total. The van der Waals surface area contributed by atoms with Gasteiger partial charge >= 0.3 is 5.97 Å². The van der Waals surface area contributed by atoms with Gasteiger partial charge in [0.15, 0.2) is 4.96 Å². The van der Waals surface area contributed by atoms with E-state index < -0.39 is 5.97 Å². The molecule has 4 rings (SSSR count). The molecule has 9 heteroatoms. The Bertz CT molecular complexity index is 1200. The third kappa shape index (κ3) is 3.83. The standard InChI is InChI=1S/C18H14N4O3S2/c1-11-9-27-18-20-12(6-16(23)22(11)18)8-25-17(24)10-26-15-7-19-13-4-2-3-5-14(13)21-15/h2-7,9H,8,10H2,1H3. The molecule has 27 heavy (non-hydrogen) atoms. The number of rotatable bonds is 5. The first kappa shape index (κ1) is 17.6. The monoisotopic (exact) mass is 398 g/mol. The van der Waals surface area contributed by atoms with E-state index in [-0.39, 0.29) is 17.9 Å². The quantitative estimate of drug-likeness (QED) is 0.377. The Balaban J connectivity index is 1.37. The van der Waals surface area contributed by atoms with Crippen LogP contribution in [0.5, 0.6) is 0 Å². The molecule has 0 bridgehead atoms. The molecule has 0 saturated carbocycles. The summed E-state index contributed by atoms with van der Waals surface area (Å²) >= 11 is 2.63. The maximum atomic E-state index is 12.1. The molecule has 0 unspecified atom stereocenters. The van der Waals surface area contributed by atoms with Crippen molar-refractivity contribution >= 4 is 45.1 Å². The molecule has 4 aromatic rings. The highest BCUT2D eigenvalue weighted by atomic mass is 32.2. The van der Waals surface area contributed by atoms with Gasteiger partial charge in [0.1, 0.15) is 11.6 Å². The topological polar surface area (TPSA) is 86.4 Å². The van der Waals surface area contributed by atoms with Crippen LogP contribution in [0.2, 0.25) is 0 Å². The summed E-state index contributed by atoms with van der Waals surface area (Å²) in [6.07, 6.45) is 1.63. The number of para-hydroxylation sites is 2. The van der Waals surface area contributed by atoms with Crippen LogP contribution in [0.25, 0.3) is 16.0 Å². The summed E-state index contributed by atoms with van der Waals surface area (Å²) < 4.78 is 6.77. The summed E-state index contributed by atoms with van der Waals surface area (Å²) in [7, 11) is 0. The first-order chi connectivity index (χ1) is 13.1. The summed E-state index contributed by atoms with van der Waals surface area (Å²) in [5.41, 5.74) is 2.68. The maximum absolute atomic E-state index is 12.1. The molecular weight excluding hydrogens is 384 g/mol. The number of nitrogens with zero attached hydrogens (tertiary/aromatic N) is 4. The summed E-state index contributed by atoms with van der Waals surface area (Å²) in [5.74, 6) is -0.300. The van der Waals surface area contributed by atoms with Crippen molar-refractivity contribution in [2.45, 2.75) is 18.6 Å². The fourth-order valence-corrected chi connectivity index (χ4v) is 4.04. The summed E-state index contributed by atoms with van der Waals surface area (Å²) in [6.45, 7) is 1.81. The molecule has 0 aliphatic heterocycles. The largest absolute Gasteiger partial charge is 0.459 e. The highest BCUT2D eigenvalue weighted by Gasteiger charge is 2.10. The molecule has 0 aliphatic carbocycles. The lowest BCUT2D eigenvalue weighted by atomic mass is 10.3. The van der Waals surface area contributed by atoms with Crippen molar-refractivity contribution in [2.24, 2.45) is 0 Å². The van der Waals surface area contributed by atoms with Gasteiger partial charge in [-0.05, 0) is 19.1 Å². The van der Waals surface area contributed by atoms with Crippen molar-refractivity contribution in [3.8, 4) is 0 Å². The molecule has 3 heterocycles. The average Bonchev–Trinajstić information content (AvgIpc) is 3.06. The van der Waals surface area contributed by atoms with Crippen LogP contribution in [0, 0.1) is 6.92 Å². The van der Waals surface area contributed by atoms with E-state index in [1.54, 1.807) is 6.20 Å². The summed E-state index contributed by atoms with van der Waals surface area (Å²) in [5, 5.41) is 2.51. The lowest BCUT2D eigenvalue weighted by Gasteiger charge is -2.05. The van der Waals surface area contributed by atoms with E-state index in [0.29, 0.717) is 15.7 Å². The highest BCUT2D eigenvalue weighted by Crippen LogP contribution is 2.18. The molecule has 0 atom stereocenters. The van der Waals surface area contributed by atoms with E-state index in [9.17, 15) is 9.59 Å². The Morgan fingerprint density at radius 3 is 2.93 bits per heavy atom. The summed E-state index contributed by atoms with van der Waals surface area (Å²) in [4.78, 5) is 37.8. The molecule has 0 radical (unpaired) electrons. The van der Waals surface area contributed by atoms with E-state index in [1.807, 2.05) is 36.6 Å². The number of thioether (sulfide) groups is 1. The van der Waals surface area contributed by atoms with Crippen LogP contribution in [-0.2, 0) is 16.1 Å². The lowest BCUT2D eigenvalue weighted by Crippen LogP contribution is -2.16. The van der Waals surface area contributed by atoms with Gasteiger partial charge in [0.25, 0.3) is 5.56 Å². The van der Waals surface area contributed by atoms with Crippen molar-refractivity contribution in [2.75, 3.05) is 5.75 Å². The van der Waals surface area contributed by atoms with Crippen molar-refractivity contribution in [1.82, 2.24) is 19.4 Å². The van der Waals surface area contributed by atoms with Crippen molar-refractivity contribution < 1.29 is 9.53 Å². The van der Waals surface area contributed by atoms with Crippen molar-refractivity contribution in [3.05, 3.63) is 63.7 Å². The predicted octanol–water partition coefficient (Wildman–Crippen LogP) is 2.84. The number of aromatic nitrogens is 4. The van der Waals surface area contributed by atoms with Crippen LogP contribution in [0.1, 0.15) is 11.4 Å². The van der Waals surface area contributed by atoms with E-state index in [2.05, 4.69) is 15.0 Å². The van der Waals surface area contributed by atoms with Crippen LogP contribution in [0.3, 0.4) is 0 Å². The van der Waals surface area contributed by atoms with E-state index >= 15 is 0 Å². The van der Waals surface area contributed by atoms with Crippen LogP contribution in [-0.4, -0.2) is 31.1 Å². The van der Waals surface area contributed by atoms with Gasteiger partial charge < -0.3 is 4.74 Å². The fraction of sp³-hybridized carbons (Fsp3) is 0.167. The minimum absolute atomic E-state index is 0.0362. The van der Waals surface area contributed by atoms with Crippen LogP contribution >= 0.6 is 23.1 Å². The molecule has 0 fully saturated rings.